The van der Waals surface area contributed by atoms with Gasteiger partial charge >= 0.3 is 5.97 Å². The molecule has 0 N–H and O–H groups in total. The van der Waals surface area contributed by atoms with Crippen molar-refractivity contribution in [3.05, 3.63) is 35.9 Å². The van der Waals surface area contributed by atoms with Crippen LogP contribution in [0.5, 0.6) is 5.75 Å². The number of carbonyl (C=O) groups excluding carboxylic acids is 1. The third-order valence-corrected chi connectivity index (χ3v) is 7.99. The van der Waals surface area contributed by atoms with E-state index in [1.54, 1.807) is 20.3 Å². The third kappa shape index (κ3) is 5.05. The van der Waals surface area contributed by atoms with Gasteiger partial charge in [-0.05, 0) is 62.3 Å². The molecule has 1 saturated carbocycles. The van der Waals surface area contributed by atoms with Gasteiger partial charge in [-0.25, -0.2) is 4.79 Å². The van der Waals surface area contributed by atoms with Crippen LogP contribution in [-0.4, -0.2) is 56.3 Å². The van der Waals surface area contributed by atoms with E-state index < -0.39 is 0 Å². The molecule has 2 saturated heterocycles. The van der Waals surface area contributed by atoms with E-state index in [1.807, 2.05) is 24.3 Å². The molecule has 1 spiro atoms. The highest BCUT2D eigenvalue weighted by atomic mass is 16.6. The normalized spacial score (nSPS) is 36.7. The predicted molar refractivity (Wildman–Crippen MR) is 131 cm³/mol. The lowest BCUT2D eigenvalue weighted by molar-refractivity contribution is -0.178. The summed E-state index contributed by atoms with van der Waals surface area (Å²) in [5.74, 6) is 1.28. The zero-order chi connectivity index (χ0) is 24.5. The van der Waals surface area contributed by atoms with Gasteiger partial charge in [-0.3, -0.25) is 0 Å². The van der Waals surface area contributed by atoms with Gasteiger partial charge in [0.25, 0.3) is 0 Å². The molecule has 188 valence electrons. The molecule has 0 unspecified atom stereocenters. The summed E-state index contributed by atoms with van der Waals surface area (Å²) in [7, 11) is 3.35. The lowest BCUT2D eigenvalue weighted by Crippen LogP contribution is -2.59. The van der Waals surface area contributed by atoms with Crippen LogP contribution in [0.15, 0.2) is 30.3 Å². The molecule has 1 aliphatic carbocycles. The minimum Gasteiger partial charge on any atom is -0.497 e. The Morgan fingerprint density at radius 1 is 1.21 bits per heavy atom. The van der Waals surface area contributed by atoms with Gasteiger partial charge in [0.1, 0.15) is 29.2 Å². The molecule has 0 amide bonds. The second-order valence-corrected chi connectivity index (χ2v) is 10.7. The molecule has 34 heavy (non-hydrogen) atoms. The molecule has 2 aliphatic heterocycles. The molecular formula is C28H40O6. The summed E-state index contributed by atoms with van der Waals surface area (Å²) in [6.07, 6.45) is 6.77. The van der Waals surface area contributed by atoms with Crippen molar-refractivity contribution in [3.63, 3.8) is 0 Å². The minimum atomic E-state index is -0.356. The highest BCUT2D eigenvalue weighted by Gasteiger charge is 2.73. The second-order valence-electron chi connectivity index (χ2n) is 10.7. The maximum absolute atomic E-state index is 12.9. The maximum Gasteiger partial charge on any atom is 0.331 e. The lowest BCUT2D eigenvalue weighted by atomic mass is 9.64. The van der Waals surface area contributed by atoms with Crippen LogP contribution in [-0.2, 0) is 23.7 Å². The smallest absolute Gasteiger partial charge is 0.331 e. The predicted octanol–water partition coefficient (Wildman–Crippen LogP) is 5.04. The first kappa shape index (κ1) is 25.2. The van der Waals surface area contributed by atoms with E-state index in [0.717, 1.165) is 43.6 Å². The van der Waals surface area contributed by atoms with Gasteiger partial charge in [0, 0.05) is 19.1 Å². The largest absolute Gasteiger partial charge is 0.497 e. The van der Waals surface area contributed by atoms with Crippen molar-refractivity contribution in [2.45, 2.75) is 82.9 Å². The fourth-order valence-corrected chi connectivity index (χ4v) is 5.92. The minimum absolute atomic E-state index is 0.0355. The SMILES string of the molecule is CC[C@@H]1C[C@]2(CO2)[C@@H]([C@@]2(C)O[C@@H]2CCC(C)C)[C@H](OC)[C@@H]1OC(=O)C=Cc1ccc(OC)cc1. The molecule has 7 atom stereocenters. The molecule has 1 aromatic carbocycles. The Morgan fingerprint density at radius 2 is 1.91 bits per heavy atom. The number of esters is 1. The average molecular weight is 473 g/mol. The zero-order valence-electron chi connectivity index (χ0n) is 21.4. The standard InChI is InChI=1S/C28H40O6/c1-7-20-16-28(17-32-28)26(27(4)22(34-27)14-8-18(2)3)25(31-6)24(20)33-23(29)15-11-19-9-12-21(30-5)13-10-19/h9-13,15,18,20,22,24-26H,7-8,14,16-17H2,1-6H3/t20-,22-,24-,25-,26-,27+,28+/m1/s1. The van der Waals surface area contributed by atoms with Gasteiger partial charge in [0.15, 0.2) is 0 Å². The van der Waals surface area contributed by atoms with E-state index in [-0.39, 0.29) is 47.3 Å². The van der Waals surface area contributed by atoms with E-state index >= 15 is 0 Å². The number of benzene rings is 1. The molecule has 0 aromatic heterocycles. The number of methoxy groups -OCH3 is 2. The summed E-state index contributed by atoms with van der Waals surface area (Å²) in [6.45, 7) is 9.53. The summed E-state index contributed by atoms with van der Waals surface area (Å²) in [5, 5.41) is 0. The fourth-order valence-electron chi connectivity index (χ4n) is 5.92. The summed E-state index contributed by atoms with van der Waals surface area (Å²) < 4.78 is 29.8. The van der Waals surface area contributed by atoms with Crippen LogP contribution in [0.4, 0.5) is 0 Å². The van der Waals surface area contributed by atoms with Crippen LogP contribution in [0.2, 0.25) is 0 Å². The monoisotopic (exact) mass is 472 g/mol. The van der Waals surface area contributed by atoms with Crippen molar-refractivity contribution >= 4 is 12.0 Å². The lowest BCUT2D eigenvalue weighted by Gasteiger charge is -2.46. The highest BCUT2D eigenvalue weighted by molar-refractivity contribution is 5.87. The molecule has 0 radical (unpaired) electrons. The summed E-state index contributed by atoms with van der Waals surface area (Å²) in [5.41, 5.74) is 0.366. The zero-order valence-corrected chi connectivity index (χ0v) is 21.4. The van der Waals surface area contributed by atoms with Crippen LogP contribution in [0.1, 0.15) is 58.9 Å². The summed E-state index contributed by atoms with van der Waals surface area (Å²) in [4.78, 5) is 12.9. The highest BCUT2D eigenvalue weighted by Crippen LogP contribution is 2.61. The van der Waals surface area contributed by atoms with E-state index in [2.05, 4.69) is 27.7 Å². The average Bonchev–Trinajstić information content (AvgIpc) is 3.74. The quantitative estimate of drug-likeness (QED) is 0.270. The first-order chi connectivity index (χ1) is 16.3. The van der Waals surface area contributed by atoms with E-state index in [0.29, 0.717) is 5.92 Å². The topological polar surface area (TPSA) is 69.8 Å². The molecule has 4 rings (SSSR count). The number of hydrogen-bond donors (Lipinski definition) is 0. The third-order valence-electron chi connectivity index (χ3n) is 7.99. The number of rotatable bonds is 10. The molecule has 6 nitrogen and oxygen atoms in total. The maximum atomic E-state index is 12.9. The van der Waals surface area contributed by atoms with Crippen LogP contribution in [0.3, 0.4) is 0 Å². The van der Waals surface area contributed by atoms with Crippen molar-refractivity contribution in [1.29, 1.82) is 0 Å². The van der Waals surface area contributed by atoms with Crippen molar-refractivity contribution in [2.24, 2.45) is 17.8 Å². The van der Waals surface area contributed by atoms with Gasteiger partial charge in [-0.15, -0.1) is 0 Å². The Labute approximate surface area is 203 Å². The van der Waals surface area contributed by atoms with Crippen LogP contribution < -0.4 is 4.74 Å². The second kappa shape index (κ2) is 10.00. The van der Waals surface area contributed by atoms with E-state index in [9.17, 15) is 4.79 Å². The molecule has 1 aromatic rings. The number of epoxide rings is 2. The molecule has 3 fully saturated rings. The molecule has 3 aliphatic rings. The van der Waals surface area contributed by atoms with E-state index in [1.165, 1.54) is 6.08 Å². The Kier molecular flexibility index (Phi) is 7.41. The summed E-state index contributed by atoms with van der Waals surface area (Å²) in [6, 6.07) is 7.55. The first-order valence-corrected chi connectivity index (χ1v) is 12.6. The van der Waals surface area contributed by atoms with Crippen molar-refractivity contribution in [1.82, 2.24) is 0 Å². The van der Waals surface area contributed by atoms with Crippen molar-refractivity contribution in [2.75, 3.05) is 20.8 Å². The van der Waals surface area contributed by atoms with Crippen LogP contribution in [0, 0.1) is 17.8 Å². The summed E-state index contributed by atoms with van der Waals surface area (Å²) >= 11 is 0. The molecule has 2 heterocycles. The Morgan fingerprint density at radius 3 is 2.47 bits per heavy atom. The first-order valence-electron chi connectivity index (χ1n) is 12.6. The van der Waals surface area contributed by atoms with E-state index in [4.69, 9.17) is 23.7 Å². The number of carbonyl (C=O) groups is 1. The van der Waals surface area contributed by atoms with Crippen molar-refractivity contribution < 1.29 is 28.5 Å². The Bertz CT molecular complexity index is 873. The Balaban J connectivity index is 1.49. The van der Waals surface area contributed by atoms with Gasteiger partial charge in [0.05, 0.1) is 25.7 Å². The number of hydrogen-bond acceptors (Lipinski definition) is 6. The molecule has 0 bridgehead atoms. The molecule has 6 heteroatoms. The molecular weight excluding hydrogens is 432 g/mol. The Hall–Kier alpha value is -1.89. The fraction of sp³-hybridized carbons (Fsp3) is 0.679. The van der Waals surface area contributed by atoms with Gasteiger partial charge in [0.2, 0.25) is 0 Å². The van der Waals surface area contributed by atoms with Gasteiger partial charge in [-0.1, -0.05) is 32.9 Å². The van der Waals surface area contributed by atoms with Crippen molar-refractivity contribution in [3.8, 4) is 5.75 Å². The van der Waals surface area contributed by atoms with Gasteiger partial charge < -0.3 is 23.7 Å². The van der Waals surface area contributed by atoms with Gasteiger partial charge in [-0.2, -0.15) is 0 Å². The van der Waals surface area contributed by atoms with Crippen LogP contribution in [0.25, 0.3) is 6.08 Å². The van der Waals surface area contributed by atoms with Crippen LogP contribution >= 0.6 is 0 Å². The number of ether oxygens (including phenoxy) is 5.